The SMILES string of the molecule is CN1CCCN(c2nc(SCC(O)c3ccccc3)c(C#N)c3c2COC(C)(C)C3)CC1. The van der Waals surface area contributed by atoms with Crippen LogP contribution in [0.4, 0.5) is 5.82 Å². The lowest BCUT2D eigenvalue weighted by atomic mass is 9.89. The van der Waals surface area contributed by atoms with Crippen LogP contribution in [-0.2, 0) is 17.8 Å². The Balaban J connectivity index is 1.69. The number of anilines is 1. The van der Waals surface area contributed by atoms with E-state index in [-0.39, 0.29) is 5.60 Å². The summed E-state index contributed by atoms with van der Waals surface area (Å²) < 4.78 is 6.14. The highest BCUT2D eigenvalue weighted by atomic mass is 32.2. The van der Waals surface area contributed by atoms with Crippen molar-refractivity contribution in [3.8, 4) is 6.07 Å². The summed E-state index contributed by atoms with van der Waals surface area (Å²) in [5.74, 6) is 1.40. The number of rotatable bonds is 5. The fourth-order valence-corrected chi connectivity index (χ4v) is 5.37. The van der Waals surface area contributed by atoms with Gasteiger partial charge in [0.25, 0.3) is 0 Å². The van der Waals surface area contributed by atoms with E-state index in [0.29, 0.717) is 29.4 Å². The lowest BCUT2D eigenvalue weighted by Crippen LogP contribution is -2.36. The molecule has 2 aliphatic heterocycles. The van der Waals surface area contributed by atoms with Crippen molar-refractivity contribution in [2.45, 2.75) is 50.0 Å². The number of hydrogen-bond acceptors (Lipinski definition) is 7. The maximum absolute atomic E-state index is 10.7. The Morgan fingerprint density at radius 3 is 2.72 bits per heavy atom. The summed E-state index contributed by atoms with van der Waals surface area (Å²) in [5, 5.41) is 21.5. The molecular formula is C25H32N4O2S. The number of benzene rings is 1. The van der Waals surface area contributed by atoms with E-state index in [4.69, 9.17) is 9.72 Å². The van der Waals surface area contributed by atoms with Gasteiger partial charge in [-0.1, -0.05) is 30.3 Å². The quantitative estimate of drug-likeness (QED) is 0.692. The van der Waals surface area contributed by atoms with Gasteiger partial charge in [0, 0.05) is 37.4 Å². The number of nitriles is 1. The van der Waals surface area contributed by atoms with Crippen LogP contribution in [0.25, 0.3) is 0 Å². The number of nitrogens with zero attached hydrogens (tertiary/aromatic N) is 4. The van der Waals surface area contributed by atoms with Crippen molar-refractivity contribution >= 4 is 17.6 Å². The molecule has 1 N–H and O–H groups in total. The molecule has 1 atom stereocenters. The zero-order valence-electron chi connectivity index (χ0n) is 19.2. The maximum atomic E-state index is 10.7. The number of pyridine rings is 1. The molecule has 0 bridgehead atoms. The third kappa shape index (κ3) is 5.10. The van der Waals surface area contributed by atoms with Gasteiger partial charge in [0.2, 0.25) is 0 Å². The first kappa shape index (κ1) is 23.1. The number of likely N-dealkylation sites (N-methyl/N-ethyl adjacent to an activating group) is 1. The minimum absolute atomic E-state index is 0.318. The van der Waals surface area contributed by atoms with Crippen LogP contribution in [0.1, 0.15) is 48.6 Å². The van der Waals surface area contributed by atoms with Gasteiger partial charge in [0.1, 0.15) is 16.9 Å². The molecule has 32 heavy (non-hydrogen) atoms. The van der Waals surface area contributed by atoms with Crippen LogP contribution in [0.3, 0.4) is 0 Å². The smallest absolute Gasteiger partial charge is 0.135 e. The van der Waals surface area contributed by atoms with E-state index in [9.17, 15) is 10.4 Å². The molecule has 0 radical (unpaired) electrons. The summed E-state index contributed by atoms with van der Waals surface area (Å²) in [5.41, 5.74) is 3.31. The minimum atomic E-state index is -0.611. The van der Waals surface area contributed by atoms with E-state index in [1.165, 1.54) is 11.8 Å². The molecule has 7 heteroatoms. The summed E-state index contributed by atoms with van der Waals surface area (Å²) in [4.78, 5) is 9.72. The number of fused-ring (bicyclic) bond motifs is 1. The Morgan fingerprint density at radius 2 is 1.97 bits per heavy atom. The van der Waals surface area contributed by atoms with Crippen molar-refractivity contribution in [2.75, 3.05) is 43.9 Å². The molecule has 1 aromatic heterocycles. The highest BCUT2D eigenvalue weighted by Crippen LogP contribution is 2.39. The molecule has 0 saturated carbocycles. The molecule has 1 unspecified atom stereocenters. The van der Waals surface area contributed by atoms with E-state index in [1.54, 1.807) is 0 Å². The number of aliphatic hydroxyl groups excluding tert-OH is 1. The summed E-state index contributed by atoms with van der Waals surface area (Å²) in [6.07, 6.45) is 1.15. The predicted molar refractivity (Wildman–Crippen MR) is 128 cm³/mol. The van der Waals surface area contributed by atoms with Crippen molar-refractivity contribution in [1.82, 2.24) is 9.88 Å². The summed E-state index contributed by atoms with van der Waals surface area (Å²) in [6.45, 7) is 8.52. The van der Waals surface area contributed by atoms with Crippen LogP contribution in [0.15, 0.2) is 35.4 Å². The van der Waals surface area contributed by atoms with Crippen LogP contribution in [0.2, 0.25) is 0 Å². The second-order valence-electron chi connectivity index (χ2n) is 9.29. The van der Waals surface area contributed by atoms with Gasteiger partial charge in [-0.15, -0.1) is 11.8 Å². The first-order valence-electron chi connectivity index (χ1n) is 11.3. The highest BCUT2D eigenvalue weighted by Gasteiger charge is 2.33. The number of ether oxygens (including phenoxy) is 1. The summed E-state index contributed by atoms with van der Waals surface area (Å²) in [6, 6.07) is 12.1. The largest absolute Gasteiger partial charge is 0.388 e. The monoisotopic (exact) mass is 452 g/mol. The first-order valence-corrected chi connectivity index (χ1v) is 12.3. The standard InChI is InChI=1S/C25H32N4O2S/c1-25(2)14-19-20(15-26)24(32-17-22(30)18-8-5-4-6-9-18)27-23(21(19)16-31-25)29-11-7-10-28(3)12-13-29/h4-6,8-9,22,30H,7,10-14,16-17H2,1-3H3. The van der Waals surface area contributed by atoms with Crippen molar-refractivity contribution in [2.24, 2.45) is 0 Å². The molecule has 1 aromatic carbocycles. The molecule has 0 spiro atoms. The molecule has 1 fully saturated rings. The van der Waals surface area contributed by atoms with E-state index in [2.05, 4.69) is 36.8 Å². The van der Waals surface area contributed by atoms with Gasteiger partial charge in [-0.3, -0.25) is 0 Å². The molecule has 0 aliphatic carbocycles. The minimum Gasteiger partial charge on any atom is -0.388 e. The molecule has 2 aromatic rings. The molecule has 6 nitrogen and oxygen atoms in total. The molecule has 0 amide bonds. The van der Waals surface area contributed by atoms with E-state index >= 15 is 0 Å². The zero-order chi connectivity index (χ0) is 22.7. The Bertz CT molecular complexity index is 990. The Kier molecular flexibility index (Phi) is 7.06. The van der Waals surface area contributed by atoms with Crippen LogP contribution in [0.5, 0.6) is 0 Å². The van der Waals surface area contributed by atoms with Crippen molar-refractivity contribution < 1.29 is 9.84 Å². The first-order chi connectivity index (χ1) is 15.4. The number of thioether (sulfide) groups is 1. The maximum Gasteiger partial charge on any atom is 0.135 e. The van der Waals surface area contributed by atoms with Gasteiger partial charge in [-0.05, 0) is 45.0 Å². The van der Waals surface area contributed by atoms with Crippen LogP contribution >= 0.6 is 11.8 Å². The van der Waals surface area contributed by atoms with Crippen LogP contribution in [-0.4, -0.2) is 59.6 Å². The number of aromatic nitrogens is 1. The second kappa shape index (κ2) is 9.80. The van der Waals surface area contributed by atoms with E-state index in [1.807, 2.05) is 30.3 Å². The lowest BCUT2D eigenvalue weighted by molar-refractivity contribution is -0.0402. The second-order valence-corrected chi connectivity index (χ2v) is 10.3. The van der Waals surface area contributed by atoms with E-state index < -0.39 is 6.10 Å². The molecule has 170 valence electrons. The topological polar surface area (TPSA) is 72.6 Å². The summed E-state index contributed by atoms with van der Waals surface area (Å²) in [7, 11) is 2.16. The van der Waals surface area contributed by atoms with Gasteiger partial charge < -0.3 is 19.6 Å². The fraction of sp³-hybridized carbons (Fsp3) is 0.520. The van der Waals surface area contributed by atoms with Crippen molar-refractivity contribution in [3.63, 3.8) is 0 Å². The third-order valence-corrected chi connectivity index (χ3v) is 7.31. The Morgan fingerprint density at radius 1 is 1.19 bits per heavy atom. The van der Waals surface area contributed by atoms with Crippen molar-refractivity contribution in [1.29, 1.82) is 5.26 Å². The Hall–Kier alpha value is -2.11. The fourth-order valence-electron chi connectivity index (χ4n) is 4.39. The molecule has 3 heterocycles. The van der Waals surface area contributed by atoms with Gasteiger partial charge in [-0.2, -0.15) is 5.26 Å². The van der Waals surface area contributed by atoms with Gasteiger partial charge in [-0.25, -0.2) is 4.98 Å². The molecule has 2 aliphatic rings. The average molecular weight is 453 g/mol. The summed E-state index contributed by atoms with van der Waals surface area (Å²) >= 11 is 1.47. The van der Waals surface area contributed by atoms with Gasteiger partial charge >= 0.3 is 0 Å². The van der Waals surface area contributed by atoms with Crippen molar-refractivity contribution in [3.05, 3.63) is 52.6 Å². The molecule has 1 saturated heterocycles. The highest BCUT2D eigenvalue weighted by molar-refractivity contribution is 7.99. The third-order valence-electron chi connectivity index (χ3n) is 6.26. The lowest BCUT2D eigenvalue weighted by Gasteiger charge is -2.35. The normalized spacial score (nSPS) is 19.7. The van der Waals surface area contributed by atoms with E-state index in [0.717, 1.165) is 55.1 Å². The van der Waals surface area contributed by atoms with Crippen LogP contribution < -0.4 is 4.90 Å². The predicted octanol–water partition coefficient (Wildman–Crippen LogP) is 3.77. The zero-order valence-corrected chi connectivity index (χ0v) is 20.0. The Labute approximate surface area is 195 Å². The van der Waals surface area contributed by atoms with Crippen LogP contribution in [0, 0.1) is 11.3 Å². The molecular weight excluding hydrogens is 420 g/mol. The average Bonchev–Trinajstić information content (AvgIpc) is 3.00. The van der Waals surface area contributed by atoms with Gasteiger partial charge in [0.15, 0.2) is 0 Å². The number of hydrogen-bond donors (Lipinski definition) is 1. The van der Waals surface area contributed by atoms with Gasteiger partial charge in [0.05, 0.1) is 23.9 Å². The number of aliphatic hydroxyl groups is 1. The molecule has 4 rings (SSSR count).